The predicted molar refractivity (Wildman–Crippen MR) is 64.3 cm³/mol. The molecule has 2 N–H and O–H groups in total. The minimum Gasteiger partial charge on any atom is -0.361 e. The van der Waals surface area contributed by atoms with E-state index < -0.39 is 0 Å². The van der Waals surface area contributed by atoms with Crippen molar-refractivity contribution in [2.24, 2.45) is 5.92 Å². The molecule has 1 aromatic heterocycles. The molecule has 0 unspecified atom stereocenters. The second-order valence-corrected chi connectivity index (χ2v) is 4.46. The maximum Gasteiger partial charge on any atom is 0.105 e. The Balaban J connectivity index is 1.73. The van der Waals surface area contributed by atoms with Crippen LogP contribution in [0.5, 0.6) is 0 Å². The number of piperidine rings is 1. The predicted octanol–water partition coefficient (Wildman–Crippen LogP) is 1.84. The van der Waals surface area contributed by atoms with Gasteiger partial charge >= 0.3 is 0 Å². The summed E-state index contributed by atoms with van der Waals surface area (Å²) in [6.45, 7) is 3.57. The van der Waals surface area contributed by atoms with Gasteiger partial charge in [0.05, 0.1) is 0 Å². The number of nitrogens with one attached hydrogen (secondary N) is 2. The molecule has 1 aliphatic heterocycles. The molecule has 1 fully saturated rings. The molecule has 0 aliphatic carbocycles. The van der Waals surface area contributed by atoms with Gasteiger partial charge in [-0.05, 0) is 50.4 Å². The van der Waals surface area contributed by atoms with Gasteiger partial charge in [0, 0.05) is 19.8 Å². The van der Waals surface area contributed by atoms with Gasteiger partial charge in [-0.15, -0.1) is 0 Å². The highest BCUT2D eigenvalue weighted by molar-refractivity contribution is 5.37. The maximum atomic E-state index is 3.41. The Morgan fingerprint density at radius 1 is 1.40 bits per heavy atom. The van der Waals surface area contributed by atoms with Gasteiger partial charge in [0.25, 0.3) is 0 Å². The van der Waals surface area contributed by atoms with E-state index in [2.05, 4.69) is 34.4 Å². The largest absolute Gasteiger partial charge is 0.361 e. The molecule has 1 aromatic rings. The van der Waals surface area contributed by atoms with Crippen molar-refractivity contribution >= 4 is 5.82 Å². The van der Waals surface area contributed by atoms with E-state index in [9.17, 15) is 0 Å². The van der Waals surface area contributed by atoms with E-state index in [-0.39, 0.29) is 0 Å². The fourth-order valence-electron chi connectivity index (χ4n) is 2.23. The smallest absolute Gasteiger partial charge is 0.105 e. The minimum absolute atomic E-state index is 0.920. The molecule has 3 heteroatoms. The first-order chi connectivity index (χ1) is 7.36. The average Bonchev–Trinajstić information content (AvgIpc) is 2.81. The highest BCUT2D eigenvalue weighted by Gasteiger charge is 2.13. The maximum absolute atomic E-state index is 3.41. The Morgan fingerprint density at radius 3 is 2.87 bits per heavy atom. The Bertz CT molecular complexity index is 262. The average molecular weight is 207 g/mol. The zero-order valence-corrected chi connectivity index (χ0v) is 9.50. The molecule has 2 rings (SSSR count). The van der Waals surface area contributed by atoms with Crippen LogP contribution in [0.25, 0.3) is 0 Å². The topological polar surface area (TPSA) is 31.1 Å². The van der Waals surface area contributed by atoms with Crippen molar-refractivity contribution in [3.05, 3.63) is 18.3 Å². The van der Waals surface area contributed by atoms with Gasteiger partial charge < -0.3 is 15.2 Å². The van der Waals surface area contributed by atoms with Gasteiger partial charge in [-0.25, -0.2) is 0 Å². The molecule has 1 aliphatic rings. The Labute approximate surface area is 91.9 Å². The molecule has 0 bridgehead atoms. The van der Waals surface area contributed by atoms with E-state index >= 15 is 0 Å². The Morgan fingerprint density at radius 2 is 2.20 bits per heavy atom. The number of aromatic amines is 1. The number of H-pyrrole nitrogens is 1. The van der Waals surface area contributed by atoms with E-state index in [1.54, 1.807) is 0 Å². The zero-order chi connectivity index (χ0) is 10.5. The summed E-state index contributed by atoms with van der Waals surface area (Å²) in [5, 5.41) is 3.41. The van der Waals surface area contributed by atoms with E-state index in [4.69, 9.17) is 0 Å². The van der Waals surface area contributed by atoms with E-state index in [1.165, 1.54) is 38.2 Å². The summed E-state index contributed by atoms with van der Waals surface area (Å²) < 4.78 is 0. The molecule has 0 spiro atoms. The number of rotatable bonds is 4. The van der Waals surface area contributed by atoms with Crippen molar-refractivity contribution in [2.75, 3.05) is 31.6 Å². The van der Waals surface area contributed by atoms with Crippen LogP contribution in [0.15, 0.2) is 18.3 Å². The van der Waals surface area contributed by atoms with Crippen LogP contribution in [-0.2, 0) is 0 Å². The number of hydrogen-bond donors (Lipinski definition) is 2. The summed E-state index contributed by atoms with van der Waals surface area (Å²) in [5.74, 6) is 2.15. The minimum atomic E-state index is 0.920. The highest BCUT2D eigenvalue weighted by atomic mass is 15.2. The second kappa shape index (κ2) is 5.21. The van der Waals surface area contributed by atoms with Gasteiger partial charge in [-0.1, -0.05) is 0 Å². The quantitative estimate of drug-likeness (QED) is 0.789. The van der Waals surface area contributed by atoms with Crippen LogP contribution in [0.3, 0.4) is 0 Å². The van der Waals surface area contributed by atoms with Crippen molar-refractivity contribution < 1.29 is 0 Å². The lowest BCUT2D eigenvalue weighted by Crippen LogP contribution is -2.30. The van der Waals surface area contributed by atoms with E-state index in [0.717, 1.165) is 12.5 Å². The van der Waals surface area contributed by atoms with Crippen LogP contribution in [0.4, 0.5) is 5.82 Å². The first-order valence-electron chi connectivity index (χ1n) is 5.91. The van der Waals surface area contributed by atoms with Crippen LogP contribution < -0.4 is 10.2 Å². The summed E-state index contributed by atoms with van der Waals surface area (Å²) in [6, 6.07) is 4.18. The van der Waals surface area contributed by atoms with Gasteiger partial charge in [-0.3, -0.25) is 0 Å². The molecule has 3 nitrogen and oxygen atoms in total. The number of hydrogen-bond acceptors (Lipinski definition) is 2. The summed E-state index contributed by atoms with van der Waals surface area (Å²) in [4.78, 5) is 5.55. The lowest BCUT2D eigenvalue weighted by molar-refractivity contribution is 0.356. The second-order valence-electron chi connectivity index (χ2n) is 4.46. The number of nitrogens with zero attached hydrogens (tertiary/aromatic N) is 1. The summed E-state index contributed by atoms with van der Waals surface area (Å²) in [6.07, 6.45) is 5.99. The molecule has 15 heavy (non-hydrogen) atoms. The van der Waals surface area contributed by atoms with Gasteiger partial charge in [-0.2, -0.15) is 0 Å². The summed E-state index contributed by atoms with van der Waals surface area (Å²) >= 11 is 0. The molecule has 1 saturated heterocycles. The fraction of sp³-hybridized carbons (Fsp3) is 0.667. The monoisotopic (exact) mass is 207 g/mol. The van der Waals surface area contributed by atoms with Crippen molar-refractivity contribution in [1.29, 1.82) is 0 Å². The van der Waals surface area contributed by atoms with Crippen LogP contribution >= 0.6 is 0 Å². The molecule has 0 saturated carbocycles. The van der Waals surface area contributed by atoms with E-state index in [0.29, 0.717) is 0 Å². The van der Waals surface area contributed by atoms with Crippen LogP contribution in [-0.4, -0.2) is 31.7 Å². The first-order valence-corrected chi connectivity index (χ1v) is 5.91. The Hall–Kier alpha value is -0.960. The van der Waals surface area contributed by atoms with Crippen molar-refractivity contribution in [1.82, 2.24) is 10.3 Å². The molecule has 0 atom stereocenters. The highest BCUT2D eigenvalue weighted by Crippen LogP contribution is 2.17. The van der Waals surface area contributed by atoms with Gasteiger partial charge in [0.2, 0.25) is 0 Å². The van der Waals surface area contributed by atoms with Crippen molar-refractivity contribution in [2.45, 2.75) is 19.3 Å². The van der Waals surface area contributed by atoms with Crippen LogP contribution in [0.1, 0.15) is 19.3 Å². The van der Waals surface area contributed by atoms with Crippen LogP contribution in [0.2, 0.25) is 0 Å². The SMILES string of the molecule is CN(CCC1CCNCC1)c1ccc[nH]1. The lowest BCUT2D eigenvalue weighted by atomic mass is 9.94. The molecule has 2 heterocycles. The fourth-order valence-corrected chi connectivity index (χ4v) is 2.23. The first kappa shape index (κ1) is 10.6. The van der Waals surface area contributed by atoms with Crippen LogP contribution in [0, 0.1) is 5.92 Å². The van der Waals surface area contributed by atoms with E-state index in [1.807, 2.05) is 6.20 Å². The van der Waals surface area contributed by atoms with Crippen molar-refractivity contribution in [3.63, 3.8) is 0 Å². The summed E-state index contributed by atoms with van der Waals surface area (Å²) in [7, 11) is 2.16. The third-order valence-electron chi connectivity index (χ3n) is 3.32. The lowest BCUT2D eigenvalue weighted by Gasteiger charge is -2.25. The molecule has 0 radical (unpaired) electrons. The molecule has 84 valence electrons. The standard InChI is InChI=1S/C12H21N3/c1-15(12-3-2-7-14-12)10-6-11-4-8-13-9-5-11/h2-3,7,11,13-14H,4-6,8-10H2,1H3. The number of aromatic nitrogens is 1. The third-order valence-corrected chi connectivity index (χ3v) is 3.32. The normalized spacial score (nSPS) is 17.9. The Kier molecular flexibility index (Phi) is 3.67. The third kappa shape index (κ3) is 2.99. The summed E-state index contributed by atoms with van der Waals surface area (Å²) in [5.41, 5.74) is 0. The molecular formula is C12H21N3. The molecular weight excluding hydrogens is 186 g/mol. The zero-order valence-electron chi connectivity index (χ0n) is 9.50. The molecule has 0 amide bonds. The van der Waals surface area contributed by atoms with Crippen molar-refractivity contribution in [3.8, 4) is 0 Å². The molecule has 0 aromatic carbocycles. The van der Waals surface area contributed by atoms with Gasteiger partial charge in [0.1, 0.15) is 5.82 Å². The van der Waals surface area contributed by atoms with Gasteiger partial charge in [0.15, 0.2) is 0 Å². The number of anilines is 1.